The minimum atomic E-state index is -0.483. The lowest BCUT2D eigenvalue weighted by molar-refractivity contribution is -0.119. The highest BCUT2D eigenvalue weighted by molar-refractivity contribution is 5.93. The predicted octanol–water partition coefficient (Wildman–Crippen LogP) is 0.705. The first-order valence-corrected chi connectivity index (χ1v) is 6.06. The number of carbonyl (C=O) groups is 2. The molecule has 1 unspecified atom stereocenters. The average Bonchev–Trinajstić information content (AvgIpc) is 2.34. The molecule has 1 atom stereocenters. The van der Waals surface area contributed by atoms with Gasteiger partial charge < -0.3 is 16.0 Å². The smallest absolute Gasteiger partial charge is 0.254 e. The van der Waals surface area contributed by atoms with Crippen molar-refractivity contribution in [2.75, 3.05) is 19.4 Å². The molecule has 1 heterocycles. The molecular weight excluding hydrogens is 244 g/mol. The van der Waals surface area contributed by atoms with Crippen LogP contribution in [0, 0.1) is 5.92 Å². The van der Waals surface area contributed by atoms with E-state index in [0.29, 0.717) is 11.4 Å². The Morgan fingerprint density at radius 3 is 2.32 bits per heavy atom. The topological polar surface area (TPSA) is 88.3 Å². The van der Waals surface area contributed by atoms with E-state index < -0.39 is 11.9 Å². The summed E-state index contributed by atoms with van der Waals surface area (Å²) in [4.78, 5) is 28.6. The molecule has 19 heavy (non-hydrogen) atoms. The largest absolute Gasteiger partial charge is 0.368 e. The summed E-state index contributed by atoms with van der Waals surface area (Å²) in [6.07, 6.45) is 1.48. The first-order valence-electron chi connectivity index (χ1n) is 6.06. The van der Waals surface area contributed by atoms with E-state index >= 15 is 0 Å². The normalized spacial score (nSPS) is 12.1. The summed E-state index contributed by atoms with van der Waals surface area (Å²) in [5, 5.41) is 2.96. The highest BCUT2D eigenvalue weighted by Crippen LogP contribution is 2.11. The third-order valence-corrected chi connectivity index (χ3v) is 2.69. The number of pyridine rings is 1. The van der Waals surface area contributed by atoms with E-state index in [1.54, 1.807) is 26.2 Å². The zero-order valence-electron chi connectivity index (χ0n) is 11.7. The van der Waals surface area contributed by atoms with E-state index in [9.17, 15) is 9.59 Å². The molecule has 6 heteroatoms. The van der Waals surface area contributed by atoms with Crippen LogP contribution in [0.2, 0.25) is 0 Å². The zero-order chi connectivity index (χ0) is 14.6. The fourth-order valence-corrected chi connectivity index (χ4v) is 1.59. The summed E-state index contributed by atoms with van der Waals surface area (Å²) in [6, 6.07) is 2.84. The second kappa shape index (κ2) is 6.17. The molecule has 1 rings (SSSR count). The van der Waals surface area contributed by atoms with Crippen molar-refractivity contribution in [3.8, 4) is 0 Å². The molecule has 0 aliphatic rings. The van der Waals surface area contributed by atoms with E-state index in [1.807, 2.05) is 13.8 Å². The number of anilines is 1. The maximum absolute atomic E-state index is 11.7. The Bertz CT molecular complexity index is 454. The number of nitrogens with one attached hydrogen (secondary N) is 1. The van der Waals surface area contributed by atoms with Gasteiger partial charge in [0.1, 0.15) is 11.9 Å². The molecule has 0 fully saturated rings. The van der Waals surface area contributed by atoms with Crippen LogP contribution in [-0.2, 0) is 4.79 Å². The van der Waals surface area contributed by atoms with Crippen molar-refractivity contribution in [3.63, 3.8) is 0 Å². The van der Waals surface area contributed by atoms with Crippen LogP contribution in [-0.4, -0.2) is 41.8 Å². The molecule has 1 aromatic rings. The van der Waals surface area contributed by atoms with Gasteiger partial charge in [-0.1, -0.05) is 13.8 Å². The predicted molar refractivity (Wildman–Crippen MR) is 73.7 cm³/mol. The number of nitrogens with zero attached hydrogens (tertiary/aromatic N) is 2. The summed E-state index contributed by atoms with van der Waals surface area (Å²) in [5.41, 5.74) is 5.81. The maximum Gasteiger partial charge on any atom is 0.254 e. The first kappa shape index (κ1) is 14.9. The molecule has 0 aliphatic carbocycles. The van der Waals surface area contributed by atoms with Crippen LogP contribution in [0.15, 0.2) is 18.3 Å². The third-order valence-electron chi connectivity index (χ3n) is 2.69. The van der Waals surface area contributed by atoms with Crippen LogP contribution in [0.3, 0.4) is 0 Å². The van der Waals surface area contributed by atoms with Gasteiger partial charge in [0, 0.05) is 20.3 Å². The van der Waals surface area contributed by atoms with Crippen molar-refractivity contribution in [1.82, 2.24) is 9.88 Å². The number of aromatic nitrogens is 1. The lowest BCUT2D eigenvalue weighted by atomic mass is 10.0. The second-order valence-corrected chi connectivity index (χ2v) is 4.90. The maximum atomic E-state index is 11.7. The van der Waals surface area contributed by atoms with Crippen LogP contribution >= 0.6 is 0 Å². The molecule has 0 saturated carbocycles. The van der Waals surface area contributed by atoms with Crippen LogP contribution in [0.25, 0.3) is 0 Å². The molecule has 6 nitrogen and oxygen atoms in total. The van der Waals surface area contributed by atoms with Gasteiger partial charge in [-0.2, -0.15) is 0 Å². The number of hydrogen-bond acceptors (Lipinski definition) is 4. The molecule has 0 saturated heterocycles. The number of carbonyl (C=O) groups excluding carboxylic acids is 2. The van der Waals surface area contributed by atoms with Gasteiger partial charge in [0.15, 0.2) is 0 Å². The molecule has 0 aromatic carbocycles. The Kier molecular flexibility index (Phi) is 4.86. The summed E-state index contributed by atoms with van der Waals surface area (Å²) in [7, 11) is 3.35. The molecule has 0 bridgehead atoms. The lowest BCUT2D eigenvalue weighted by Crippen LogP contribution is -2.39. The highest BCUT2D eigenvalue weighted by atomic mass is 16.2. The summed E-state index contributed by atoms with van der Waals surface area (Å²) < 4.78 is 0. The molecule has 104 valence electrons. The molecule has 0 spiro atoms. The van der Waals surface area contributed by atoms with Crippen molar-refractivity contribution in [2.45, 2.75) is 19.9 Å². The van der Waals surface area contributed by atoms with Crippen LogP contribution in [0.4, 0.5) is 5.82 Å². The third kappa shape index (κ3) is 3.94. The van der Waals surface area contributed by atoms with Crippen LogP contribution < -0.4 is 11.1 Å². The van der Waals surface area contributed by atoms with Crippen LogP contribution in [0.5, 0.6) is 0 Å². The van der Waals surface area contributed by atoms with Gasteiger partial charge in [-0.05, 0) is 18.1 Å². The summed E-state index contributed by atoms with van der Waals surface area (Å²) in [5.74, 6) is 0.0368. The fourth-order valence-electron chi connectivity index (χ4n) is 1.59. The van der Waals surface area contributed by atoms with Gasteiger partial charge in [-0.3, -0.25) is 9.59 Å². The van der Waals surface area contributed by atoms with Crippen molar-refractivity contribution in [1.29, 1.82) is 0 Å². The molecule has 2 amide bonds. The van der Waals surface area contributed by atoms with E-state index in [-0.39, 0.29) is 11.8 Å². The van der Waals surface area contributed by atoms with Gasteiger partial charge in [0.2, 0.25) is 5.91 Å². The number of primary amides is 1. The Morgan fingerprint density at radius 2 is 1.95 bits per heavy atom. The average molecular weight is 264 g/mol. The highest BCUT2D eigenvalue weighted by Gasteiger charge is 2.19. The minimum Gasteiger partial charge on any atom is -0.368 e. The molecular formula is C13H20N4O2. The Morgan fingerprint density at radius 1 is 1.32 bits per heavy atom. The van der Waals surface area contributed by atoms with Crippen molar-refractivity contribution in [3.05, 3.63) is 23.9 Å². The van der Waals surface area contributed by atoms with Gasteiger partial charge >= 0.3 is 0 Å². The second-order valence-electron chi connectivity index (χ2n) is 4.90. The number of nitrogens with two attached hydrogens (primary N) is 1. The van der Waals surface area contributed by atoms with Crippen molar-refractivity contribution >= 4 is 17.6 Å². The minimum absolute atomic E-state index is 0.0578. The molecule has 3 N–H and O–H groups in total. The zero-order valence-corrected chi connectivity index (χ0v) is 11.7. The Balaban J connectivity index is 2.82. The van der Waals surface area contributed by atoms with E-state index in [4.69, 9.17) is 5.73 Å². The number of amides is 2. The van der Waals surface area contributed by atoms with Gasteiger partial charge in [-0.15, -0.1) is 0 Å². The molecule has 0 radical (unpaired) electrons. The Hall–Kier alpha value is -2.11. The monoisotopic (exact) mass is 264 g/mol. The summed E-state index contributed by atoms with van der Waals surface area (Å²) >= 11 is 0. The standard InChI is InChI=1S/C13H20N4O2/c1-8(2)11(12(14)18)16-10-6-5-9(7-15-10)13(19)17(3)4/h5-8,11H,1-4H3,(H2,14,18)(H,15,16). The van der Waals surface area contributed by atoms with E-state index in [1.165, 1.54) is 11.1 Å². The first-order chi connectivity index (χ1) is 8.82. The molecule has 1 aromatic heterocycles. The van der Waals surface area contributed by atoms with E-state index in [0.717, 1.165) is 0 Å². The van der Waals surface area contributed by atoms with Gasteiger partial charge in [0.25, 0.3) is 5.91 Å². The number of rotatable bonds is 5. The Labute approximate surface area is 113 Å². The quantitative estimate of drug-likeness (QED) is 0.819. The molecule has 0 aliphatic heterocycles. The van der Waals surface area contributed by atoms with Crippen molar-refractivity contribution in [2.24, 2.45) is 11.7 Å². The lowest BCUT2D eigenvalue weighted by Gasteiger charge is -2.19. The summed E-state index contributed by atoms with van der Waals surface area (Å²) in [6.45, 7) is 3.79. The van der Waals surface area contributed by atoms with Gasteiger partial charge in [0.05, 0.1) is 5.56 Å². The van der Waals surface area contributed by atoms with Gasteiger partial charge in [-0.25, -0.2) is 4.98 Å². The van der Waals surface area contributed by atoms with Crippen molar-refractivity contribution < 1.29 is 9.59 Å². The fraction of sp³-hybridized carbons (Fsp3) is 0.462. The SMILES string of the molecule is CC(C)C(Nc1ccc(C(=O)N(C)C)cn1)C(N)=O. The van der Waals surface area contributed by atoms with E-state index in [2.05, 4.69) is 10.3 Å². The van der Waals surface area contributed by atoms with Crippen LogP contribution in [0.1, 0.15) is 24.2 Å². The number of hydrogen-bond donors (Lipinski definition) is 2.